The number of benzene rings is 1. The molecule has 8 nitrogen and oxygen atoms in total. The number of amides is 1. The normalized spacial score (nSPS) is 19.0. The first kappa shape index (κ1) is 22.2. The minimum absolute atomic E-state index is 0.00162. The molecule has 2 aliphatic heterocycles. The number of anilines is 1. The third kappa shape index (κ3) is 4.79. The Morgan fingerprint density at radius 2 is 1.67 bits per heavy atom. The molecule has 2 fully saturated rings. The number of hydrogen-bond donors (Lipinski definition) is 0. The minimum atomic E-state index is -0.471. The zero-order chi connectivity index (χ0) is 22.1. The number of aryl methyl sites for hydroxylation is 1. The molecule has 2 saturated heterocycles. The van der Waals surface area contributed by atoms with E-state index in [4.69, 9.17) is 9.47 Å². The molecule has 8 heteroatoms. The zero-order valence-electron chi connectivity index (χ0n) is 18.7. The topological polar surface area (TPSA) is 85.2 Å². The Morgan fingerprint density at radius 1 is 1.10 bits per heavy atom. The van der Waals surface area contributed by atoms with Gasteiger partial charge in [-0.05, 0) is 64.4 Å². The predicted octanol–water partition coefficient (Wildman–Crippen LogP) is 4.53. The molecule has 30 heavy (non-hydrogen) atoms. The first-order chi connectivity index (χ1) is 14.0. The van der Waals surface area contributed by atoms with E-state index >= 15 is 0 Å². The molecule has 1 aromatic rings. The molecular weight excluding hydrogens is 386 g/mol. The Labute approximate surface area is 178 Å². The molecule has 2 aliphatic rings. The van der Waals surface area contributed by atoms with Crippen LogP contribution < -0.4 is 9.64 Å². The largest absolute Gasteiger partial charge is 0.490 e. The van der Waals surface area contributed by atoms with Gasteiger partial charge in [-0.1, -0.05) is 0 Å². The fraction of sp³-hybridized carbons (Fsp3) is 0.682. The maximum atomic E-state index is 12.3. The summed E-state index contributed by atoms with van der Waals surface area (Å²) < 4.78 is 10.8. The summed E-state index contributed by atoms with van der Waals surface area (Å²) in [5.41, 5.74) is 1.67. The summed E-state index contributed by atoms with van der Waals surface area (Å²) in [7, 11) is 1.46. The monoisotopic (exact) mass is 419 g/mol. The van der Waals surface area contributed by atoms with E-state index in [-0.39, 0.29) is 17.2 Å². The van der Waals surface area contributed by atoms with Crippen molar-refractivity contribution < 1.29 is 19.2 Å². The van der Waals surface area contributed by atoms with Gasteiger partial charge in [0.2, 0.25) is 0 Å². The number of nitro benzene ring substituents is 1. The molecule has 0 aromatic heterocycles. The van der Waals surface area contributed by atoms with Crippen LogP contribution >= 0.6 is 0 Å². The van der Waals surface area contributed by atoms with Crippen LogP contribution in [0.5, 0.6) is 5.75 Å². The average Bonchev–Trinajstić information content (AvgIpc) is 2.68. The Balaban J connectivity index is 1.62. The van der Waals surface area contributed by atoms with Gasteiger partial charge in [-0.2, -0.15) is 0 Å². The Bertz CT molecular complexity index is 800. The first-order valence-corrected chi connectivity index (χ1v) is 10.6. The molecule has 0 bridgehead atoms. The molecule has 0 atom stereocenters. The van der Waals surface area contributed by atoms with Crippen LogP contribution in [-0.4, -0.2) is 54.8 Å². The fourth-order valence-corrected chi connectivity index (χ4v) is 4.52. The molecule has 0 N–H and O–H groups in total. The second kappa shape index (κ2) is 8.32. The highest BCUT2D eigenvalue weighted by atomic mass is 16.6. The van der Waals surface area contributed by atoms with Crippen LogP contribution in [0, 0.1) is 22.5 Å². The maximum Gasteiger partial charge on any atom is 0.410 e. The molecule has 166 valence electrons. The number of ether oxygens (including phenoxy) is 2. The summed E-state index contributed by atoms with van der Waals surface area (Å²) in [5, 5.41) is 11.2. The zero-order valence-corrected chi connectivity index (χ0v) is 18.7. The van der Waals surface area contributed by atoms with Crippen molar-refractivity contribution in [2.24, 2.45) is 5.41 Å². The van der Waals surface area contributed by atoms with Gasteiger partial charge in [0.25, 0.3) is 0 Å². The van der Waals surface area contributed by atoms with Crippen molar-refractivity contribution in [3.05, 3.63) is 27.8 Å². The third-order valence-electron chi connectivity index (χ3n) is 6.33. The fourth-order valence-electron chi connectivity index (χ4n) is 4.52. The summed E-state index contributed by atoms with van der Waals surface area (Å²) in [6, 6.07) is 3.38. The van der Waals surface area contributed by atoms with Crippen molar-refractivity contribution in [3.8, 4) is 5.75 Å². The van der Waals surface area contributed by atoms with E-state index in [1.165, 1.54) is 7.11 Å². The molecule has 1 spiro atoms. The van der Waals surface area contributed by atoms with Crippen LogP contribution in [0.25, 0.3) is 0 Å². The Hall–Kier alpha value is -2.51. The summed E-state index contributed by atoms with van der Waals surface area (Å²) in [5.74, 6) is 0.298. The highest BCUT2D eigenvalue weighted by molar-refractivity contribution is 5.68. The highest BCUT2D eigenvalue weighted by Gasteiger charge is 2.39. The lowest BCUT2D eigenvalue weighted by atomic mass is 9.71. The van der Waals surface area contributed by atoms with Gasteiger partial charge in [-0.25, -0.2) is 4.79 Å². The van der Waals surface area contributed by atoms with Crippen molar-refractivity contribution in [2.45, 2.75) is 59.0 Å². The van der Waals surface area contributed by atoms with E-state index in [1.54, 1.807) is 12.1 Å². The number of nitro groups is 1. The lowest BCUT2D eigenvalue weighted by Gasteiger charge is -2.47. The average molecular weight is 420 g/mol. The van der Waals surface area contributed by atoms with Gasteiger partial charge in [0.1, 0.15) is 5.60 Å². The van der Waals surface area contributed by atoms with Crippen molar-refractivity contribution in [1.82, 2.24) is 4.90 Å². The number of likely N-dealkylation sites (tertiary alicyclic amines) is 1. The lowest BCUT2D eigenvalue weighted by molar-refractivity contribution is -0.385. The van der Waals surface area contributed by atoms with E-state index in [2.05, 4.69) is 4.90 Å². The molecule has 0 saturated carbocycles. The molecule has 0 aliphatic carbocycles. The summed E-state index contributed by atoms with van der Waals surface area (Å²) in [6.07, 6.45) is 3.86. The summed E-state index contributed by atoms with van der Waals surface area (Å²) in [6.45, 7) is 10.8. The maximum absolute atomic E-state index is 12.3. The van der Waals surface area contributed by atoms with Gasteiger partial charge in [-0.15, -0.1) is 0 Å². The van der Waals surface area contributed by atoms with Crippen molar-refractivity contribution >= 4 is 17.5 Å². The number of methoxy groups -OCH3 is 1. The molecule has 1 aromatic carbocycles. The number of piperidine rings is 2. The lowest BCUT2D eigenvalue weighted by Crippen LogP contribution is -2.49. The smallest absolute Gasteiger partial charge is 0.410 e. The van der Waals surface area contributed by atoms with E-state index in [1.807, 2.05) is 32.6 Å². The highest BCUT2D eigenvalue weighted by Crippen LogP contribution is 2.44. The van der Waals surface area contributed by atoms with E-state index in [0.717, 1.165) is 63.1 Å². The van der Waals surface area contributed by atoms with Crippen LogP contribution in [0.2, 0.25) is 0 Å². The van der Waals surface area contributed by atoms with Gasteiger partial charge in [0.05, 0.1) is 12.0 Å². The molecule has 0 unspecified atom stereocenters. The second-order valence-electron chi connectivity index (χ2n) is 9.52. The Kier molecular flexibility index (Phi) is 6.15. The molecular formula is C22H33N3O5. The molecule has 3 rings (SSSR count). The third-order valence-corrected chi connectivity index (χ3v) is 6.33. The number of nitrogens with zero attached hydrogens (tertiary/aromatic N) is 3. The SMILES string of the molecule is COc1cc(N2CCC3(CCN(C(=O)OC(C)(C)C)CC3)CC2)c(C)cc1[N+](=O)[O-]. The van der Waals surface area contributed by atoms with Crippen LogP contribution in [0.15, 0.2) is 12.1 Å². The summed E-state index contributed by atoms with van der Waals surface area (Å²) >= 11 is 0. The van der Waals surface area contributed by atoms with E-state index < -0.39 is 10.5 Å². The van der Waals surface area contributed by atoms with Gasteiger partial charge >= 0.3 is 11.8 Å². The van der Waals surface area contributed by atoms with Gasteiger partial charge in [-0.3, -0.25) is 10.1 Å². The van der Waals surface area contributed by atoms with Crippen LogP contribution in [0.3, 0.4) is 0 Å². The molecule has 2 heterocycles. The standard InChI is InChI=1S/C22H33N3O5/c1-16-14-18(25(27)28)19(29-5)15-17(16)23-10-6-22(7-11-23)8-12-24(13-9-22)20(26)30-21(2,3)4/h14-15H,6-13H2,1-5H3. The quantitative estimate of drug-likeness (QED) is 0.529. The van der Waals surface area contributed by atoms with Crippen LogP contribution in [0.4, 0.5) is 16.2 Å². The molecule has 0 radical (unpaired) electrons. The van der Waals surface area contributed by atoms with Crippen LogP contribution in [-0.2, 0) is 4.74 Å². The second-order valence-corrected chi connectivity index (χ2v) is 9.52. The first-order valence-electron chi connectivity index (χ1n) is 10.6. The van der Waals surface area contributed by atoms with Gasteiger partial charge < -0.3 is 19.3 Å². The van der Waals surface area contributed by atoms with E-state index in [9.17, 15) is 14.9 Å². The van der Waals surface area contributed by atoms with E-state index in [0.29, 0.717) is 5.75 Å². The van der Waals surface area contributed by atoms with Crippen LogP contribution in [0.1, 0.15) is 52.0 Å². The number of hydrogen-bond acceptors (Lipinski definition) is 6. The van der Waals surface area contributed by atoms with Crippen molar-refractivity contribution in [2.75, 3.05) is 38.2 Å². The number of carbonyl (C=O) groups excluding carboxylic acids is 1. The summed E-state index contributed by atoms with van der Waals surface area (Å²) in [4.78, 5) is 27.3. The van der Waals surface area contributed by atoms with Gasteiger partial charge in [0.15, 0.2) is 5.75 Å². The predicted molar refractivity (Wildman–Crippen MR) is 115 cm³/mol. The minimum Gasteiger partial charge on any atom is -0.490 e. The Morgan fingerprint density at radius 3 is 2.17 bits per heavy atom. The molecule has 1 amide bonds. The van der Waals surface area contributed by atoms with Crippen molar-refractivity contribution in [1.29, 1.82) is 0 Å². The van der Waals surface area contributed by atoms with Gasteiger partial charge in [0, 0.05) is 44.0 Å². The number of carbonyl (C=O) groups is 1. The van der Waals surface area contributed by atoms with Crippen molar-refractivity contribution in [3.63, 3.8) is 0 Å². The number of rotatable bonds is 3.